The molecular formula is C28H20Cl2N12. The second kappa shape index (κ2) is 9.16. The molecule has 0 aliphatic carbocycles. The van der Waals surface area contributed by atoms with Crippen molar-refractivity contribution in [3.8, 4) is 0 Å². The molecule has 2 fully saturated rings. The van der Waals surface area contributed by atoms with E-state index in [9.17, 15) is 0 Å². The molecule has 2 aromatic carbocycles. The molecule has 0 amide bonds. The van der Waals surface area contributed by atoms with Gasteiger partial charge >= 0.3 is 0 Å². The molecule has 6 aromatic rings. The Morgan fingerprint density at radius 3 is 1.43 bits per heavy atom. The molecule has 12 nitrogen and oxygen atoms in total. The second-order valence-electron chi connectivity index (χ2n) is 9.79. The van der Waals surface area contributed by atoms with Crippen LogP contribution in [0.1, 0.15) is 11.4 Å². The highest BCUT2D eigenvalue weighted by atomic mass is 35.5. The molecule has 42 heavy (non-hydrogen) atoms. The molecule has 0 unspecified atom stereocenters. The Hall–Kier alpha value is -5.20. The molecule has 0 spiro atoms. The van der Waals surface area contributed by atoms with E-state index in [1.165, 1.54) is 0 Å². The quantitative estimate of drug-likeness (QED) is 0.176. The van der Waals surface area contributed by atoms with Crippen molar-refractivity contribution in [3.05, 3.63) is 107 Å². The number of aromatic nitrogens is 6. The fourth-order valence-electron chi connectivity index (χ4n) is 5.38. The van der Waals surface area contributed by atoms with Gasteiger partial charge in [-0.2, -0.15) is 9.98 Å². The monoisotopic (exact) mass is 594 g/mol. The van der Waals surface area contributed by atoms with Gasteiger partial charge in [0.15, 0.2) is 0 Å². The van der Waals surface area contributed by atoms with Crippen molar-refractivity contribution in [2.45, 2.75) is 11.3 Å². The van der Waals surface area contributed by atoms with Crippen molar-refractivity contribution >= 4 is 69.1 Å². The maximum Gasteiger partial charge on any atom is 0.231 e. The van der Waals surface area contributed by atoms with Crippen molar-refractivity contribution < 1.29 is 0 Å². The van der Waals surface area contributed by atoms with Crippen LogP contribution in [0.15, 0.2) is 95.2 Å². The van der Waals surface area contributed by atoms with E-state index in [1.54, 1.807) is 36.7 Å². The van der Waals surface area contributed by atoms with Crippen LogP contribution in [-0.2, 0) is 11.3 Å². The lowest BCUT2D eigenvalue weighted by atomic mass is 9.88. The molecule has 6 N–H and O–H groups in total. The summed E-state index contributed by atoms with van der Waals surface area (Å²) in [7, 11) is 0. The fourth-order valence-corrected chi connectivity index (χ4v) is 5.71. The van der Waals surface area contributed by atoms with E-state index in [1.807, 2.05) is 48.5 Å². The molecule has 4 aromatic heterocycles. The van der Waals surface area contributed by atoms with Gasteiger partial charge in [0.1, 0.15) is 0 Å². The maximum absolute atomic E-state index is 6.17. The first-order valence-corrected chi connectivity index (χ1v) is 13.7. The highest BCUT2D eigenvalue weighted by Gasteiger charge is 2.67. The summed E-state index contributed by atoms with van der Waals surface area (Å²) < 4.78 is 0. The van der Waals surface area contributed by atoms with Gasteiger partial charge in [-0.1, -0.05) is 35.3 Å². The first-order chi connectivity index (χ1) is 20.5. The molecule has 0 bridgehead atoms. The molecule has 2 aliphatic heterocycles. The van der Waals surface area contributed by atoms with Crippen LogP contribution in [0.2, 0.25) is 10.0 Å². The van der Waals surface area contributed by atoms with E-state index in [0.717, 1.165) is 11.0 Å². The van der Waals surface area contributed by atoms with Crippen LogP contribution in [-0.4, -0.2) is 41.8 Å². The van der Waals surface area contributed by atoms with Crippen molar-refractivity contribution in [2.75, 3.05) is 0 Å². The molecule has 0 radical (unpaired) electrons. The number of imidazole rings is 2. The zero-order chi connectivity index (χ0) is 28.3. The van der Waals surface area contributed by atoms with E-state index in [4.69, 9.17) is 43.2 Å². The van der Waals surface area contributed by atoms with Gasteiger partial charge in [-0.05, 0) is 60.7 Å². The third-order valence-corrected chi connectivity index (χ3v) is 7.66. The highest BCUT2D eigenvalue weighted by Crippen LogP contribution is 2.42. The number of hydrogen-bond acceptors (Lipinski definition) is 6. The average Bonchev–Trinajstić information content (AvgIpc) is 3.73. The zero-order valence-corrected chi connectivity index (χ0v) is 23.0. The summed E-state index contributed by atoms with van der Waals surface area (Å²) in [6.45, 7) is 0. The summed E-state index contributed by atoms with van der Waals surface area (Å²) >= 11 is 12.3. The number of fused-ring (bicyclic) bond motifs is 3. The average molecular weight is 595 g/mol. The summed E-state index contributed by atoms with van der Waals surface area (Å²) in [5.41, 5.74) is 2.13. The van der Waals surface area contributed by atoms with Gasteiger partial charge in [-0.3, -0.25) is 9.97 Å². The number of pyridine rings is 2. The number of guanidine groups is 2. The van der Waals surface area contributed by atoms with Crippen LogP contribution in [0, 0.1) is 0 Å². The molecule has 8 rings (SSSR count). The lowest BCUT2D eigenvalue weighted by molar-refractivity contribution is 0.197. The highest BCUT2D eigenvalue weighted by molar-refractivity contribution is 6.31. The Balaban J connectivity index is 1.27. The number of nitrogens with one attached hydrogen (secondary N) is 6. The van der Waals surface area contributed by atoms with Crippen LogP contribution >= 0.6 is 23.2 Å². The lowest BCUT2D eigenvalue weighted by Crippen LogP contribution is -2.61. The number of H-pyrrole nitrogens is 2. The molecule has 206 valence electrons. The summed E-state index contributed by atoms with van der Waals surface area (Å²) in [4.78, 5) is 34.6. The van der Waals surface area contributed by atoms with Crippen molar-refractivity contribution in [1.29, 1.82) is 0 Å². The third kappa shape index (κ3) is 3.84. The van der Waals surface area contributed by atoms with Crippen molar-refractivity contribution in [2.24, 2.45) is 9.98 Å². The summed E-state index contributed by atoms with van der Waals surface area (Å²) in [6.07, 6.45) is 3.46. The van der Waals surface area contributed by atoms with Gasteiger partial charge in [-0.25, -0.2) is 9.97 Å². The molecular weight excluding hydrogens is 575 g/mol. The first-order valence-electron chi connectivity index (χ1n) is 12.9. The van der Waals surface area contributed by atoms with E-state index in [-0.39, 0.29) is 0 Å². The van der Waals surface area contributed by atoms with Gasteiger partial charge in [-0.15, -0.1) is 0 Å². The van der Waals surface area contributed by atoms with Crippen LogP contribution in [0.3, 0.4) is 0 Å². The number of halogens is 2. The number of aliphatic imine (C=N–C) groups is 2. The number of hydrogen-bond donors (Lipinski definition) is 6. The number of benzene rings is 2. The Labute approximate surface area is 247 Å². The van der Waals surface area contributed by atoms with Gasteiger partial charge in [0.25, 0.3) is 0 Å². The van der Waals surface area contributed by atoms with Gasteiger partial charge in [0.2, 0.25) is 35.1 Å². The normalized spacial score (nSPS) is 21.0. The van der Waals surface area contributed by atoms with Crippen LogP contribution < -0.4 is 21.3 Å². The minimum atomic E-state index is -1.12. The standard InChI is InChI=1S/C28H20Cl2N12/c29-15-7-9-17-19(13-15)35-23(33-17)37-25-39-27(21-5-1-3-11-31-21)28(41-25,22-6-2-4-12-32-22)42-26(40-27)38-24-34-18-10-8-16(30)14-20(18)36-24/h1-14H,(H3,33,35,37,39,41)(H3,34,36,38,40,42). The molecule has 0 saturated carbocycles. The zero-order valence-electron chi connectivity index (χ0n) is 21.5. The van der Waals surface area contributed by atoms with Gasteiger partial charge in [0.05, 0.1) is 33.5 Å². The Morgan fingerprint density at radius 1 is 0.571 bits per heavy atom. The summed E-state index contributed by atoms with van der Waals surface area (Å²) in [6, 6.07) is 22.3. The lowest BCUT2D eigenvalue weighted by Gasteiger charge is -2.36. The fraction of sp³-hybridized carbons (Fsp3) is 0.0714. The molecule has 0 atom stereocenters. The topological polar surface area (TPSA) is 156 Å². The van der Waals surface area contributed by atoms with E-state index < -0.39 is 11.3 Å². The van der Waals surface area contributed by atoms with E-state index >= 15 is 0 Å². The molecule has 14 heteroatoms. The van der Waals surface area contributed by atoms with E-state index in [0.29, 0.717) is 56.3 Å². The number of nitrogens with zero attached hydrogens (tertiary/aromatic N) is 6. The summed E-state index contributed by atoms with van der Waals surface area (Å²) in [5, 5.41) is 15.3. The smallest absolute Gasteiger partial charge is 0.231 e. The predicted molar refractivity (Wildman–Crippen MR) is 161 cm³/mol. The largest absolute Gasteiger partial charge is 0.324 e. The minimum Gasteiger partial charge on any atom is -0.324 e. The van der Waals surface area contributed by atoms with Crippen molar-refractivity contribution in [3.63, 3.8) is 0 Å². The number of rotatable bonds is 4. The predicted octanol–water partition coefficient (Wildman–Crippen LogP) is 4.30. The first kappa shape index (κ1) is 24.6. The van der Waals surface area contributed by atoms with Gasteiger partial charge < -0.3 is 31.2 Å². The minimum absolute atomic E-state index is 0.393. The van der Waals surface area contributed by atoms with Crippen LogP contribution in [0.5, 0.6) is 0 Å². The number of aromatic amines is 2. The Kier molecular flexibility index (Phi) is 5.36. The van der Waals surface area contributed by atoms with Crippen LogP contribution in [0.25, 0.3) is 22.1 Å². The molecule has 2 saturated heterocycles. The Morgan fingerprint density at radius 2 is 1.02 bits per heavy atom. The van der Waals surface area contributed by atoms with Crippen molar-refractivity contribution in [1.82, 2.24) is 51.2 Å². The Bertz CT molecular complexity index is 1870. The second-order valence-corrected chi connectivity index (χ2v) is 10.7. The SMILES string of the molecule is Clc1ccc2[nH]c(N=C3NC4(c5ccccn5)NC(=Nc5nc6cc(Cl)ccc6[nH]5)NC4(c4ccccn4)N3)nc2c1. The maximum atomic E-state index is 6.17. The molecule has 6 heterocycles. The summed E-state index contributed by atoms with van der Waals surface area (Å²) in [5.74, 6) is 1.64. The van der Waals surface area contributed by atoms with E-state index in [2.05, 4.69) is 41.2 Å². The van der Waals surface area contributed by atoms with Crippen LogP contribution in [0.4, 0.5) is 11.9 Å². The molecule has 2 aliphatic rings. The third-order valence-electron chi connectivity index (χ3n) is 7.18. The van der Waals surface area contributed by atoms with Gasteiger partial charge in [0, 0.05) is 22.4 Å².